The van der Waals surface area contributed by atoms with E-state index in [9.17, 15) is 9.90 Å². The summed E-state index contributed by atoms with van der Waals surface area (Å²) in [6.07, 6.45) is 0.721. The lowest BCUT2D eigenvalue weighted by molar-refractivity contribution is 0.0483. The summed E-state index contributed by atoms with van der Waals surface area (Å²) >= 11 is 0. The fourth-order valence-electron chi connectivity index (χ4n) is 1.75. The molecular weight excluding hydrogens is 228 g/mol. The Balaban J connectivity index is 2.50. The van der Waals surface area contributed by atoms with Crippen LogP contribution in [0.25, 0.3) is 11.0 Å². The molecule has 2 aromatic rings. The van der Waals surface area contributed by atoms with E-state index >= 15 is 0 Å². The largest absolute Gasteiger partial charge is 0.391 e. The molecule has 0 fully saturated rings. The SMILES string of the molecule is CC(C)(C)C(O)Cn1c(=O)cnc2ccccc21. The molecule has 1 N–H and O–H groups in total. The van der Waals surface area contributed by atoms with Gasteiger partial charge in [0.2, 0.25) is 0 Å². The highest BCUT2D eigenvalue weighted by Crippen LogP contribution is 2.21. The first-order chi connectivity index (χ1) is 8.39. The second-order valence-electron chi connectivity index (χ2n) is 5.58. The molecule has 0 radical (unpaired) electrons. The second-order valence-corrected chi connectivity index (χ2v) is 5.58. The zero-order chi connectivity index (χ0) is 13.3. The molecule has 0 amide bonds. The van der Waals surface area contributed by atoms with Crippen molar-refractivity contribution in [2.24, 2.45) is 5.41 Å². The number of hydrogen-bond acceptors (Lipinski definition) is 3. The van der Waals surface area contributed by atoms with Gasteiger partial charge in [-0.15, -0.1) is 0 Å². The summed E-state index contributed by atoms with van der Waals surface area (Å²) in [5, 5.41) is 10.1. The molecule has 0 saturated heterocycles. The first kappa shape index (κ1) is 12.8. The van der Waals surface area contributed by atoms with Crippen LogP contribution in [0.4, 0.5) is 0 Å². The minimum atomic E-state index is -0.582. The first-order valence-corrected chi connectivity index (χ1v) is 6.02. The van der Waals surface area contributed by atoms with Gasteiger partial charge in [-0.05, 0) is 17.5 Å². The maximum atomic E-state index is 11.9. The smallest absolute Gasteiger partial charge is 0.269 e. The molecule has 1 atom stereocenters. The van der Waals surface area contributed by atoms with Crippen LogP contribution in [-0.2, 0) is 6.54 Å². The summed E-state index contributed by atoms with van der Waals surface area (Å²) in [4.78, 5) is 16.0. The van der Waals surface area contributed by atoms with Gasteiger partial charge in [0.15, 0.2) is 0 Å². The third-order valence-corrected chi connectivity index (χ3v) is 3.11. The van der Waals surface area contributed by atoms with Crippen molar-refractivity contribution < 1.29 is 5.11 Å². The van der Waals surface area contributed by atoms with Gasteiger partial charge < -0.3 is 9.67 Å². The number of benzene rings is 1. The third kappa shape index (κ3) is 2.43. The number of fused-ring (bicyclic) bond motifs is 1. The van der Waals surface area contributed by atoms with Gasteiger partial charge in [0, 0.05) is 0 Å². The Labute approximate surface area is 106 Å². The highest BCUT2D eigenvalue weighted by atomic mass is 16.3. The number of hydrogen-bond donors (Lipinski definition) is 1. The predicted octanol–water partition coefficient (Wildman–Crippen LogP) is 1.80. The number of rotatable bonds is 2. The van der Waals surface area contributed by atoms with Gasteiger partial charge in [0.1, 0.15) is 0 Å². The van der Waals surface area contributed by atoms with Gasteiger partial charge in [0.05, 0.1) is 29.9 Å². The molecule has 0 aliphatic rings. The van der Waals surface area contributed by atoms with Crippen LogP contribution in [0.2, 0.25) is 0 Å². The molecule has 1 unspecified atom stereocenters. The van der Waals surface area contributed by atoms with Crippen molar-refractivity contribution >= 4 is 11.0 Å². The van der Waals surface area contributed by atoms with Gasteiger partial charge in [-0.1, -0.05) is 32.9 Å². The molecule has 1 heterocycles. The van der Waals surface area contributed by atoms with E-state index < -0.39 is 6.10 Å². The summed E-state index contributed by atoms with van der Waals surface area (Å²) in [6, 6.07) is 7.45. The minimum Gasteiger partial charge on any atom is -0.391 e. The highest BCUT2D eigenvalue weighted by Gasteiger charge is 2.23. The number of para-hydroxylation sites is 2. The Hall–Kier alpha value is -1.68. The molecule has 1 aromatic carbocycles. The van der Waals surface area contributed by atoms with Crippen LogP contribution in [0.3, 0.4) is 0 Å². The molecule has 0 saturated carbocycles. The molecule has 4 heteroatoms. The second kappa shape index (κ2) is 4.53. The van der Waals surface area contributed by atoms with Crippen molar-refractivity contribution in [3.63, 3.8) is 0 Å². The Morgan fingerprint density at radius 2 is 2.00 bits per heavy atom. The van der Waals surface area contributed by atoms with Gasteiger partial charge in [0.25, 0.3) is 5.56 Å². The van der Waals surface area contributed by atoms with Crippen LogP contribution < -0.4 is 5.56 Å². The Morgan fingerprint density at radius 3 is 2.67 bits per heavy atom. The van der Waals surface area contributed by atoms with Crippen molar-refractivity contribution in [1.82, 2.24) is 9.55 Å². The monoisotopic (exact) mass is 246 g/mol. The minimum absolute atomic E-state index is 0.183. The van der Waals surface area contributed by atoms with Crippen molar-refractivity contribution in [2.75, 3.05) is 0 Å². The Kier molecular flexibility index (Phi) is 3.22. The lowest BCUT2D eigenvalue weighted by Crippen LogP contribution is -2.34. The molecule has 96 valence electrons. The van der Waals surface area contributed by atoms with Gasteiger partial charge >= 0.3 is 0 Å². The van der Waals surface area contributed by atoms with Gasteiger partial charge in [-0.3, -0.25) is 4.79 Å². The lowest BCUT2D eigenvalue weighted by Gasteiger charge is -2.26. The van der Waals surface area contributed by atoms with Gasteiger partial charge in [-0.25, -0.2) is 4.98 Å². The number of aliphatic hydroxyl groups excluding tert-OH is 1. The van der Waals surface area contributed by atoms with E-state index in [-0.39, 0.29) is 17.5 Å². The molecular formula is C14H18N2O2. The van der Waals surface area contributed by atoms with Gasteiger partial charge in [-0.2, -0.15) is 0 Å². The zero-order valence-corrected chi connectivity index (χ0v) is 10.9. The summed E-state index contributed by atoms with van der Waals surface area (Å²) < 4.78 is 1.58. The molecule has 0 aliphatic carbocycles. The van der Waals surface area contributed by atoms with Crippen molar-refractivity contribution in [2.45, 2.75) is 33.4 Å². The Bertz CT molecular complexity index is 611. The maximum absolute atomic E-state index is 11.9. The molecule has 0 spiro atoms. The first-order valence-electron chi connectivity index (χ1n) is 6.02. The quantitative estimate of drug-likeness (QED) is 0.879. The van der Waals surface area contributed by atoms with Crippen LogP contribution in [0.1, 0.15) is 20.8 Å². The molecule has 2 rings (SSSR count). The van der Waals surface area contributed by atoms with E-state index in [1.165, 1.54) is 6.20 Å². The molecule has 4 nitrogen and oxygen atoms in total. The highest BCUT2D eigenvalue weighted by molar-refractivity contribution is 5.74. The van der Waals surface area contributed by atoms with Crippen molar-refractivity contribution in [3.8, 4) is 0 Å². The third-order valence-electron chi connectivity index (χ3n) is 3.11. The number of aliphatic hydroxyl groups is 1. The standard InChI is InChI=1S/C14H18N2O2/c1-14(2,3)12(17)9-16-11-7-5-4-6-10(11)15-8-13(16)18/h4-8,12,17H,9H2,1-3H3. The topological polar surface area (TPSA) is 55.1 Å². The molecule has 0 bridgehead atoms. The molecule has 18 heavy (non-hydrogen) atoms. The normalized spacial score (nSPS) is 13.8. The number of aromatic nitrogens is 2. The van der Waals surface area contributed by atoms with E-state index in [1.807, 2.05) is 45.0 Å². The van der Waals surface area contributed by atoms with Crippen LogP contribution in [0, 0.1) is 5.41 Å². The van der Waals surface area contributed by atoms with E-state index in [1.54, 1.807) is 4.57 Å². The average molecular weight is 246 g/mol. The van der Waals surface area contributed by atoms with Crippen LogP contribution >= 0.6 is 0 Å². The van der Waals surface area contributed by atoms with E-state index in [0.717, 1.165) is 11.0 Å². The summed E-state index contributed by atoms with van der Waals surface area (Å²) in [6.45, 7) is 6.13. The van der Waals surface area contributed by atoms with Crippen molar-refractivity contribution in [3.05, 3.63) is 40.8 Å². The average Bonchev–Trinajstić information content (AvgIpc) is 2.31. The van der Waals surface area contributed by atoms with Crippen LogP contribution in [-0.4, -0.2) is 20.8 Å². The van der Waals surface area contributed by atoms with E-state index in [0.29, 0.717) is 0 Å². The van der Waals surface area contributed by atoms with Crippen molar-refractivity contribution in [1.29, 1.82) is 0 Å². The van der Waals surface area contributed by atoms with Crippen LogP contribution in [0.5, 0.6) is 0 Å². The summed E-state index contributed by atoms with van der Waals surface area (Å²) in [5.41, 5.74) is 1.08. The molecule has 1 aromatic heterocycles. The fourth-order valence-corrected chi connectivity index (χ4v) is 1.75. The lowest BCUT2D eigenvalue weighted by atomic mass is 9.89. The summed E-state index contributed by atoms with van der Waals surface area (Å²) in [5.74, 6) is 0. The Morgan fingerprint density at radius 1 is 1.33 bits per heavy atom. The maximum Gasteiger partial charge on any atom is 0.269 e. The number of nitrogens with zero attached hydrogens (tertiary/aromatic N) is 2. The zero-order valence-electron chi connectivity index (χ0n) is 10.9. The van der Waals surface area contributed by atoms with Crippen LogP contribution in [0.15, 0.2) is 35.3 Å². The fraction of sp³-hybridized carbons (Fsp3) is 0.429. The molecule has 0 aliphatic heterocycles. The predicted molar refractivity (Wildman–Crippen MR) is 71.5 cm³/mol. The summed E-state index contributed by atoms with van der Waals surface area (Å²) in [7, 11) is 0. The van der Waals surface area contributed by atoms with E-state index in [2.05, 4.69) is 4.98 Å². The van der Waals surface area contributed by atoms with E-state index in [4.69, 9.17) is 0 Å².